The summed E-state index contributed by atoms with van der Waals surface area (Å²) in [5.41, 5.74) is -1.49. The third-order valence-corrected chi connectivity index (χ3v) is 8.71. The number of pyridine rings is 1. The van der Waals surface area contributed by atoms with Crippen LogP contribution in [0.15, 0.2) is 42.5 Å². The van der Waals surface area contributed by atoms with E-state index in [1.165, 1.54) is 18.2 Å². The molecule has 7 nitrogen and oxygen atoms in total. The quantitative estimate of drug-likeness (QED) is 0.242. The van der Waals surface area contributed by atoms with Gasteiger partial charge in [-0.25, -0.2) is 9.37 Å². The number of hydrogen-bond donors (Lipinski definition) is 2. The summed E-state index contributed by atoms with van der Waals surface area (Å²) in [7, 11) is 0. The Balaban J connectivity index is 1.21. The first-order valence-corrected chi connectivity index (χ1v) is 15.1. The van der Waals surface area contributed by atoms with Crippen LogP contribution in [0.25, 0.3) is 11.3 Å². The van der Waals surface area contributed by atoms with Crippen molar-refractivity contribution in [3.05, 3.63) is 70.1 Å². The third kappa shape index (κ3) is 5.79. The van der Waals surface area contributed by atoms with Gasteiger partial charge in [0.05, 0.1) is 29.5 Å². The second kappa shape index (κ2) is 10.8. The fraction of sp³-hybridized carbons (Fsp3) is 0.438. The molecule has 2 N–H and O–H groups in total. The number of carbonyl (C=O) groups excluding carboxylic acids is 1. The number of rotatable bonds is 10. The minimum Gasteiger partial charge on any atom is -0.490 e. The van der Waals surface area contributed by atoms with Crippen LogP contribution in [-0.2, 0) is 5.60 Å². The van der Waals surface area contributed by atoms with Crippen LogP contribution in [0.4, 0.5) is 17.6 Å². The Kier molecular flexibility index (Phi) is 7.16. The van der Waals surface area contributed by atoms with E-state index in [9.17, 15) is 27.5 Å². The fourth-order valence-electron chi connectivity index (χ4n) is 5.44. The van der Waals surface area contributed by atoms with Gasteiger partial charge in [-0.05, 0) is 86.9 Å². The van der Waals surface area contributed by atoms with Gasteiger partial charge < -0.3 is 24.6 Å². The van der Waals surface area contributed by atoms with Crippen molar-refractivity contribution in [1.82, 2.24) is 10.3 Å². The molecule has 0 spiro atoms. The Labute approximate surface area is 255 Å². The molecule has 0 radical (unpaired) electrons. The van der Waals surface area contributed by atoms with Crippen LogP contribution in [0.1, 0.15) is 66.1 Å². The molecule has 232 valence electrons. The van der Waals surface area contributed by atoms with Gasteiger partial charge in [0.15, 0.2) is 11.5 Å². The number of halogens is 5. The summed E-state index contributed by atoms with van der Waals surface area (Å²) in [6.07, 6.45) is 0.563. The van der Waals surface area contributed by atoms with E-state index in [0.717, 1.165) is 31.7 Å². The summed E-state index contributed by atoms with van der Waals surface area (Å²) in [5, 5.41) is 14.5. The van der Waals surface area contributed by atoms with Crippen LogP contribution in [0, 0.1) is 11.7 Å². The number of hydrogen-bond acceptors (Lipinski definition) is 6. The van der Waals surface area contributed by atoms with Crippen molar-refractivity contribution in [3.63, 3.8) is 0 Å². The lowest BCUT2D eigenvalue weighted by molar-refractivity contribution is -0.151. The molecule has 3 aromatic rings. The Morgan fingerprint density at radius 3 is 2.34 bits per heavy atom. The van der Waals surface area contributed by atoms with E-state index >= 15 is 0 Å². The van der Waals surface area contributed by atoms with Crippen molar-refractivity contribution in [2.45, 2.75) is 68.4 Å². The predicted octanol–water partition coefficient (Wildman–Crippen LogP) is 6.69. The summed E-state index contributed by atoms with van der Waals surface area (Å²) in [4.78, 5) is 17.9. The van der Waals surface area contributed by atoms with Gasteiger partial charge in [0, 0.05) is 16.7 Å². The van der Waals surface area contributed by atoms with E-state index < -0.39 is 36.0 Å². The molecule has 3 saturated carbocycles. The van der Waals surface area contributed by atoms with Gasteiger partial charge in [-0.15, -0.1) is 0 Å². The summed E-state index contributed by atoms with van der Waals surface area (Å²) < 4.78 is 73.5. The van der Waals surface area contributed by atoms with E-state index in [1.807, 2.05) is 0 Å². The van der Waals surface area contributed by atoms with Crippen LogP contribution >= 0.6 is 11.6 Å². The van der Waals surface area contributed by atoms with Crippen molar-refractivity contribution < 1.29 is 41.7 Å². The number of benzene rings is 2. The zero-order valence-corrected chi connectivity index (χ0v) is 24.2. The van der Waals surface area contributed by atoms with E-state index in [-0.39, 0.29) is 63.5 Å². The first-order valence-electron chi connectivity index (χ1n) is 14.7. The molecule has 44 heavy (non-hydrogen) atoms. The molecule has 12 heteroatoms. The first kappa shape index (κ1) is 29.2. The Morgan fingerprint density at radius 2 is 1.70 bits per heavy atom. The van der Waals surface area contributed by atoms with Crippen molar-refractivity contribution in [2.75, 3.05) is 13.2 Å². The van der Waals surface area contributed by atoms with Crippen molar-refractivity contribution >= 4 is 17.5 Å². The molecule has 0 bridgehead atoms. The van der Waals surface area contributed by atoms with Gasteiger partial charge in [0.25, 0.3) is 5.91 Å². The van der Waals surface area contributed by atoms with Crippen molar-refractivity contribution in [3.8, 4) is 28.5 Å². The number of carbonyl (C=O) groups is 1. The minimum absolute atomic E-state index is 0.00432. The van der Waals surface area contributed by atoms with Crippen molar-refractivity contribution in [1.29, 1.82) is 0 Å². The second-order valence-electron chi connectivity index (χ2n) is 12.0. The molecule has 7 rings (SSSR count). The number of amides is 1. The number of nitrogens with zero attached hydrogens (tertiary/aromatic N) is 1. The molecule has 1 amide bonds. The molecule has 1 aliphatic heterocycles. The maximum Gasteiger partial charge on any atom is 0.399 e. The van der Waals surface area contributed by atoms with Crippen LogP contribution in [-0.4, -0.2) is 47.5 Å². The minimum atomic E-state index is -4.62. The predicted molar refractivity (Wildman–Crippen MR) is 152 cm³/mol. The molecule has 2 aromatic carbocycles. The van der Waals surface area contributed by atoms with Gasteiger partial charge in [-0.2, -0.15) is 13.2 Å². The Hall–Kier alpha value is -3.57. The standard InChI is InChI=1S/C32H29ClF4N2O5/c33-23-11-16(1-9-24(23)34)28-29-21(22(14-42-29)32(35,36)37)13-27(39-28)31(41,18-3-4-18)15-38-30(40)17-2-10-25(43-19-5-6-19)26(12-17)44-20-7-8-20/h1-2,9-13,18-20,22,41H,3-8,14-15H2,(H,38,40)/t22-,31?/m1/s1. The van der Waals surface area contributed by atoms with Gasteiger partial charge in [-0.1, -0.05) is 11.6 Å². The molecular weight excluding hydrogens is 604 g/mol. The number of aliphatic hydroxyl groups is 1. The Bertz CT molecular complexity index is 1620. The zero-order valence-electron chi connectivity index (χ0n) is 23.4. The lowest BCUT2D eigenvalue weighted by Gasteiger charge is -2.29. The zero-order chi connectivity index (χ0) is 30.8. The lowest BCUT2D eigenvalue weighted by atomic mass is 9.88. The number of aromatic nitrogens is 1. The normalized spacial score (nSPS) is 20.8. The molecule has 3 fully saturated rings. The average Bonchev–Trinajstić information content (AvgIpc) is 3.84. The van der Waals surface area contributed by atoms with Crippen molar-refractivity contribution in [2.24, 2.45) is 5.92 Å². The van der Waals surface area contributed by atoms with Crippen LogP contribution < -0.4 is 19.5 Å². The summed E-state index contributed by atoms with van der Waals surface area (Å²) in [5.74, 6) is -2.55. The summed E-state index contributed by atoms with van der Waals surface area (Å²) >= 11 is 5.99. The second-order valence-corrected chi connectivity index (χ2v) is 12.4. The summed E-state index contributed by atoms with van der Waals surface area (Å²) in [6, 6.07) is 9.80. The molecule has 2 atom stereocenters. The summed E-state index contributed by atoms with van der Waals surface area (Å²) in [6.45, 7) is -0.960. The van der Waals surface area contributed by atoms with Gasteiger partial charge in [0.1, 0.15) is 35.4 Å². The number of nitrogens with one attached hydrogen (secondary N) is 1. The average molecular weight is 633 g/mol. The highest BCUT2D eigenvalue weighted by atomic mass is 35.5. The van der Waals surface area contributed by atoms with Crippen LogP contribution in [0.3, 0.4) is 0 Å². The van der Waals surface area contributed by atoms with E-state index in [1.54, 1.807) is 18.2 Å². The molecule has 1 aromatic heterocycles. The van der Waals surface area contributed by atoms with Gasteiger partial charge in [0.2, 0.25) is 0 Å². The largest absolute Gasteiger partial charge is 0.490 e. The highest BCUT2D eigenvalue weighted by molar-refractivity contribution is 6.31. The first-order chi connectivity index (χ1) is 21.0. The molecule has 2 heterocycles. The lowest BCUT2D eigenvalue weighted by Crippen LogP contribution is -2.43. The number of ether oxygens (including phenoxy) is 3. The maximum absolute atomic E-state index is 14.0. The Morgan fingerprint density at radius 1 is 1.00 bits per heavy atom. The fourth-order valence-corrected chi connectivity index (χ4v) is 5.62. The monoisotopic (exact) mass is 632 g/mol. The topological polar surface area (TPSA) is 89.9 Å². The van der Waals surface area contributed by atoms with Gasteiger partial charge in [-0.3, -0.25) is 4.79 Å². The molecule has 4 aliphatic rings. The maximum atomic E-state index is 14.0. The SMILES string of the molecule is O=C(NCC(O)(c1cc2c(c(-c3ccc(F)c(Cl)c3)n1)OC[C@H]2C(F)(F)F)C1CC1)c1ccc(OC2CC2)c(OC2CC2)c1. The smallest absolute Gasteiger partial charge is 0.399 e. The number of fused-ring (bicyclic) bond motifs is 1. The van der Waals surface area contributed by atoms with E-state index in [2.05, 4.69) is 10.3 Å². The molecule has 0 saturated heterocycles. The van der Waals surface area contributed by atoms with E-state index in [4.69, 9.17) is 25.8 Å². The third-order valence-electron chi connectivity index (χ3n) is 8.42. The van der Waals surface area contributed by atoms with Gasteiger partial charge >= 0.3 is 6.18 Å². The number of alkyl halides is 3. The van der Waals surface area contributed by atoms with E-state index in [0.29, 0.717) is 24.3 Å². The highest BCUT2D eigenvalue weighted by Crippen LogP contribution is 2.51. The molecule has 3 aliphatic carbocycles. The molecular formula is C32H29ClF4N2O5. The van der Waals surface area contributed by atoms with Crippen LogP contribution in [0.2, 0.25) is 5.02 Å². The molecule has 1 unspecified atom stereocenters. The highest BCUT2D eigenvalue weighted by Gasteiger charge is 2.51. The van der Waals surface area contributed by atoms with Crippen LogP contribution in [0.5, 0.6) is 17.2 Å².